The molecule has 8 aromatic rings. The molecule has 0 atom stereocenters. The van der Waals surface area contributed by atoms with Crippen molar-refractivity contribution in [2.24, 2.45) is 0 Å². The average molecular weight is 835 g/mol. The number of nitrogens with zero attached hydrogens (tertiary/aromatic N) is 4. The molecule has 0 unspecified atom stereocenters. The van der Waals surface area contributed by atoms with Crippen LogP contribution in [0, 0.1) is 19.1 Å². The van der Waals surface area contributed by atoms with Crippen LogP contribution in [0.2, 0.25) is 19.6 Å². The van der Waals surface area contributed by atoms with Crippen LogP contribution in [0.5, 0.6) is 0 Å². The maximum absolute atomic E-state index is 6.21. The Kier molecular flexibility index (Phi) is 9.80. The molecule has 0 bridgehead atoms. The van der Waals surface area contributed by atoms with Crippen LogP contribution in [0.1, 0.15) is 31.0 Å². The Bertz CT molecular complexity index is 2370. The summed E-state index contributed by atoms with van der Waals surface area (Å²) in [5.41, 5.74) is 9.74. The number of pyridine rings is 2. The van der Waals surface area contributed by atoms with Crippen molar-refractivity contribution >= 4 is 46.4 Å². The molecule has 4 aromatic heterocycles. The van der Waals surface area contributed by atoms with Crippen LogP contribution in [-0.2, 0) is 20.1 Å². The average Bonchev–Trinajstić information content (AvgIpc) is 3.67. The number of aryl methyl sites for hydroxylation is 1. The first kappa shape index (κ1) is 34.2. The normalized spacial score (nSPS) is 11.5. The number of imidazole rings is 1. The SMILES string of the molecule is CC(C)c1cc(-c2[c-]cccc2)ncc1[Si](C)(C)C.Cc1ccc2c(n1)oc1c(-c3nc4ccccc4n3-c3ccccc3)[c-]ccc12.[Ir]. The van der Waals surface area contributed by atoms with E-state index in [1.165, 1.54) is 10.8 Å². The van der Waals surface area contributed by atoms with Gasteiger partial charge in [0.15, 0.2) is 0 Å². The second-order valence-electron chi connectivity index (χ2n) is 13.4. The van der Waals surface area contributed by atoms with Gasteiger partial charge in [0.1, 0.15) is 0 Å². The fraction of sp³-hybridized carbons (Fsp3) is 0.167. The van der Waals surface area contributed by atoms with E-state index < -0.39 is 8.07 Å². The van der Waals surface area contributed by atoms with Crippen molar-refractivity contribution in [1.82, 2.24) is 19.5 Å². The van der Waals surface area contributed by atoms with E-state index in [2.05, 4.69) is 103 Å². The van der Waals surface area contributed by atoms with Crippen LogP contribution in [0.25, 0.3) is 61.4 Å². The van der Waals surface area contributed by atoms with E-state index in [4.69, 9.17) is 9.40 Å². The standard InChI is InChI=1S/C25H16N3O.C17H22NSi.Ir/c1-16-14-15-19-18-10-7-11-20(23(18)29-25(19)26-16)24-27-21-12-5-6-13-22(21)28(24)17-8-3-2-4-9-17;1-13(2)15-11-16(14-9-7-6-8-10-14)18-12-17(15)19(3,4)5;/h2-10,12-15H,1H3;6-9,11-13H,1-5H3;/q2*-1;. The van der Waals surface area contributed by atoms with Crippen molar-refractivity contribution in [3.05, 3.63) is 139 Å². The summed E-state index contributed by atoms with van der Waals surface area (Å²) in [6, 6.07) is 43.4. The fourth-order valence-electron chi connectivity index (χ4n) is 6.19. The number of rotatable bonds is 5. The Balaban J connectivity index is 0.000000183. The smallest absolute Gasteiger partial charge is 0.216 e. The van der Waals surface area contributed by atoms with Gasteiger partial charge in [0.2, 0.25) is 5.71 Å². The van der Waals surface area contributed by atoms with Crippen LogP contribution in [0.3, 0.4) is 0 Å². The van der Waals surface area contributed by atoms with E-state index in [1.54, 1.807) is 0 Å². The molecule has 5 nitrogen and oxygen atoms in total. The summed E-state index contributed by atoms with van der Waals surface area (Å²) >= 11 is 0. The van der Waals surface area contributed by atoms with Crippen molar-refractivity contribution in [2.75, 3.05) is 0 Å². The zero-order chi connectivity index (χ0) is 33.4. The van der Waals surface area contributed by atoms with Crippen LogP contribution < -0.4 is 5.19 Å². The number of fused-ring (bicyclic) bond motifs is 4. The third kappa shape index (κ3) is 6.79. The summed E-state index contributed by atoms with van der Waals surface area (Å²) in [6.07, 6.45) is 2.09. The molecule has 0 spiro atoms. The van der Waals surface area contributed by atoms with Crippen LogP contribution >= 0.6 is 0 Å². The number of hydrogen-bond acceptors (Lipinski definition) is 4. The van der Waals surface area contributed by atoms with Gasteiger partial charge in [0, 0.05) is 43.1 Å². The minimum Gasteiger partial charge on any atom is -0.486 e. The molecule has 0 amide bonds. The molecule has 0 fully saturated rings. The number of aromatic nitrogens is 4. The molecular formula is C42H38IrN4OSi-2. The van der Waals surface area contributed by atoms with Gasteiger partial charge in [-0.2, -0.15) is 0 Å². The van der Waals surface area contributed by atoms with E-state index in [1.807, 2.05) is 79.7 Å². The maximum Gasteiger partial charge on any atom is 0.216 e. The molecule has 0 N–H and O–H groups in total. The minimum atomic E-state index is -1.34. The summed E-state index contributed by atoms with van der Waals surface area (Å²) in [7, 11) is -1.34. The second kappa shape index (κ2) is 14.0. The van der Waals surface area contributed by atoms with Gasteiger partial charge in [-0.25, -0.2) is 4.98 Å². The van der Waals surface area contributed by atoms with Crippen LogP contribution in [0.15, 0.2) is 120 Å². The molecule has 1 radical (unpaired) electrons. The second-order valence-corrected chi connectivity index (χ2v) is 18.5. The molecule has 247 valence electrons. The zero-order valence-corrected chi connectivity index (χ0v) is 32.0. The van der Waals surface area contributed by atoms with Crippen molar-refractivity contribution in [1.29, 1.82) is 0 Å². The number of benzene rings is 4. The van der Waals surface area contributed by atoms with Crippen molar-refractivity contribution < 1.29 is 24.5 Å². The summed E-state index contributed by atoms with van der Waals surface area (Å²) in [4.78, 5) is 14.2. The Hall–Kier alpha value is -4.68. The van der Waals surface area contributed by atoms with Gasteiger partial charge in [-0.1, -0.05) is 86.4 Å². The van der Waals surface area contributed by atoms with Gasteiger partial charge in [-0.15, -0.1) is 54.1 Å². The van der Waals surface area contributed by atoms with Crippen molar-refractivity contribution in [3.8, 4) is 28.3 Å². The van der Waals surface area contributed by atoms with Gasteiger partial charge in [-0.05, 0) is 60.1 Å². The summed E-state index contributed by atoms with van der Waals surface area (Å²) in [6.45, 7) is 13.6. The van der Waals surface area contributed by atoms with Gasteiger partial charge < -0.3 is 14.0 Å². The van der Waals surface area contributed by atoms with E-state index in [0.717, 1.165) is 61.4 Å². The first-order valence-corrected chi connectivity index (χ1v) is 19.9. The van der Waals surface area contributed by atoms with E-state index in [0.29, 0.717) is 11.6 Å². The van der Waals surface area contributed by atoms with Crippen molar-refractivity contribution in [2.45, 2.75) is 46.3 Å². The van der Waals surface area contributed by atoms with Crippen LogP contribution in [0.4, 0.5) is 0 Å². The Morgan fingerprint density at radius 2 is 1.53 bits per heavy atom. The molecule has 0 aliphatic rings. The largest absolute Gasteiger partial charge is 0.486 e. The fourth-order valence-corrected chi connectivity index (χ4v) is 7.87. The predicted octanol–water partition coefficient (Wildman–Crippen LogP) is 10.3. The molecule has 49 heavy (non-hydrogen) atoms. The third-order valence-corrected chi connectivity index (χ3v) is 10.6. The summed E-state index contributed by atoms with van der Waals surface area (Å²) < 4.78 is 8.37. The molecule has 0 aliphatic carbocycles. The van der Waals surface area contributed by atoms with E-state index >= 15 is 0 Å². The molecule has 4 heterocycles. The minimum absolute atomic E-state index is 0. The third-order valence-electron chi connectivity index (χ3n) is 8.59. The van der Waals surface area contributed by atoms with Gasteiger partial charge in [0.05, 0.1) is 30.5 Å². The van der Waals surface area contributed by atoms with Crippen LogP contribution in [-0.4, -0.2) is 27.6 Å². The molecule has 4 aromatic carbocycles. The van der Waals surface area contributed by atoms with E-state index in [-0.39, 0.29) is 20.1 Å². The Labute approximate surface area is 302 Å². The van der Waals surface area contributed by atoms with E-state index in [9.17, 15) is 0 Å². The summed E-state index contributed by atoms with van der Waals surface area (Å²) in [5.74, 6) is 1.34. The Morgan fingerprint density at radius 1 is 0.776 bits per heavy atom. The first-order chi connectivity index (χ1) is 23.2. The molecule has 8 rings (SSSR count). The molecule has 0 saturated carbocycles. The summed E-state index contributed by atoms with van der Waals surface area (Å²) in [5, 5.41) is 3.50. The molecular weight excluding hydrogens is 797 g/mol. The number of para-hydroxylation sites is 3. The van der Waals surface area contributed by atoms with Crippen molar-refractivity contribution in [3.63, 3.8) is 0 Å². The number of furan rings is 1. The van der Waals surface area contributed by atoms with Gasteiger partial charge in [-0.3, -0.25) is 4.98 Å². The zero-order valence-electron chi connectivity index (χ0n) is 28.6. The topological polar surface area (TPSA) is 56.7 Å². The first-order valence-electron chi connectivity index (χ1n) is 16.4. The quantitative estimate of drug-likeness (QED) is 0.128. The molecule has 0 aliphatic heterocycles. The van der Waals surface area contributed by atoms with Gasteiger partial charge >= 0.3 is 0 Å². The molecule has 0 saturated heterocycles. The Morgan fingerprint density at radius 3 is 2.27 bits per heavy atom. The number of hydrogen-bond donors (Lipinski definition) is 0. The monoisotopic (exact) mass is 835 g/mol. The van der Waals surface area contributed by atoms with Gasteiger partial charge in [0.25, 0.3) is 0 Å². The maximum atomic E-state index is 6.21. The molecule has 7 heteroatoms. The predicted molar refractivity (Wildman–Crippen MR) is 201 cm³/mol.